The van der Waals surface area contributed by atoms with Crippen LogP contribution in [-0.2, 0) is 6.42 Å². The Labute approximate surface area is 118 Å². The summed E-state index contributed by atoms with van der Waals surface area (Å²) in [6.45, 7) is 4.55. The molecule has 1 aromatic rings. The van der Waals surface area contributed by atoms with Crippen LogP contribution in [0.25, 0.3) is 0 Å². The molecule has 0 bridgehead atoms. The standard InChI is InChI=1S/C17H29NO/c1-5-9-14(10-6-2)16(18-3)13-15-11-7-8-12-17(15)19-4/h7-8,11-12,14,16,18H,5-6,9-10,13H2,1-4H3. The van der Waals surface area contributed by atoms with Crippen molar-refractivity contribution in [2.45, 2.75) is 52.0 Å². The summed E-state index contributed by atoms with van der Waals surface area (Å²) in [4.78, 5) is 0. The van der Waals surface area contributed by atoms with Crippen molar-refractivity contribution in [1.29, 1.82) is 0 Å². The molecule has 0 aliphatic rings. The third kappa shape index (κ3) is 4.87. The van der Waals surface area contributed by atoms with Gasteiger partial charge in [0.05, 0.1) is 7.11 Å². The van der Waals surface area contributed by atoms with Crippen LogP contribution >= 0.6 is 0 Å². The highest BCUT2D eigenvalue weighted by atomic mass is 16.5. The molecular formula is C17H29NO. The number of hydrogen-bond donors (Lipinski definition) is 1. The number of ether oxygens (including phenoxy) is 1. The zero-order valence-electron chi connectivity index (χ0n) is 12.9. The lowest BCUT2D eigenvalue weighted by Gasteiger charge is -2.27. The molecule has 2 heteroatoms. The van der Waals surface area contributed by atoms with E-state index in [4.69, 9.17) is 4.74 Å². The first kappa shape index (κ1) is 16.0. The average molecular weight is 263 g/mol. The maximum Gasteiger partial charge on any atom is 0.122 e. The van der Waals surface area contributed by atoms with Crippen LogP contribution < -0.4 is 10.1 Å². The van der Waals surface area contributed by atoms with Crippen LogP contribution in [0.5, 0.6) is 5.75 Å². The number of likely N-dealkylation sites (N-methyl/N-ethyl adjacent to an activating group) is 1. The molecule has 0 aliphatic carbocycles. The van der Waals surface area contributed by atoms with E-state index < -0.39 is 0 Å². The second-order valence-corrected chi connectivity index (χ2v) is 5.25. The van der Waals surface area contributed by atoms with Gasteiger partial charge >= 0.3 is 0 Å². The molecular weight excluding hydrogens is 234 g/mol. The Morgan fingerprint density at radius 1 is 1.11 bits per heavy atom. The SMILES string of the molecule is CCCC(CCC)C(Cc1ccccc1OC)NC. The molecule has 0 saturated carbocycles. The molecule has 1 N–H and O–H groups in total. The van der Waals surface area contributed by atoms with Crippen LogP contribution in [0.1, 0.15) is 45.1 Å². The number of rotatable bonds is 9. The molecule has 1 atom stereocenters. The van der Waals surface area contributed by atoms with Gasteiger partial charge < -0.3 is 10.1 Å². The smallest absolute Gasteiger partial charge is 0.122 e. The Morgan fingerprint density at radius 2 is 1.74 bits per heavy atom. The van der Waals surface area contributed by atoms with Gasteiger partial charge in [-0.1, -0.05) is 44.9 Å². The third-order valence-corrected chi connectivity index (χ3v) is 3.89. The minimum absolute atomic E-state index is 0.538. The first-order valence-electron chi connectivity index (χ1n) is 7.55. The van der Waals surface area contributed by atoms with Crippen LogP contribution in [0.3, 0.4) is 0 Å². The Morgan fingerprint density at radius 3 is 2.26 bits per heavy atom. The van der Waals surface area contributed by atoms with Gasteiger partial charge in [0.1, 0.15) is 5.75 Å². The third-order valence-electron chi connectivity index (χ3n) is 3.89. The minimum Gasteiger partial charge on any atom is -0.496 e. The molecule has 0 aromatic heterocycles. The highest BCUT2D eigenvalue weighted by Gasteiger charge is 2.20. The molecule has 0 spiro atoms. The van der Waals surface area contributed by atoms with E-state index in [1.54, 1.807) is 7.11 Å². The molecule has 0 saturated heterocycles. The fourth-order valence-electron chi connectivity index (χ4n) is 2.90. The van der Waals surface area contributed by atoms with E-state index in [1.807, 2.05) is 6.07 Å². The van der Waals surface area contributed by atoms with Crippen LogP contribution in [0.4, 0.5) is 0 Å². The molecule has 0 radical (unpaired) electrons. The summed E-state index contributed by atoms with van der Waals surface area (Å²) >= 11 is 0. The molecule has 0 fully saturated rings. The van der Waals surface area contributed by atoms with E-state index in [2.05, 4.69) is 44.4 Å². The lowest BCUT2D eigenvalue weighted by molar-refractivity contribution is 0.318. The van der Waals surface area contributed by atoms with Gasteiger partial charge in [-0.05, 0) is 43.9 Å². The summed E-state index contributed by atoms with van der Waals surface area (Å²) in [5.74, 6) is 1.76. The lowest BCUT2D eigenvalue weighted by Crippen LogP contribution is -2.35. The normalized spacial score (nSPS) is 12.7. The quantitative estimate of drug-likeness (QED) is 0.726. The second-order valence-electron chi connectivity index (χ2n) is 5.25. The number of hydrogen-bond acceptors (Lipinski definition) is 2. The van der Waals surface area contributed by atoms with Crippen molar-refractivity contribution in [2.24, 2.45) is 5.92 Å². The molecule has 0 heterocycles. The topological polar surface area (TPSA) is 21.3 Å². The van der Waals surface area contributed by atoms with Crippen molar-refractivity contribution in [3.05, 3.63) is 29.8 Å². The number of benzene rings is 1. The molecule has 19 heavy (non-hydrogen) atoms. The maximum atomic E-state index is 5.46. The second kappa shape index (κ2) is 8.98. The molecule has 1 aromatic carbocycles. The number of methoxy groups -OCH3 is 1. The predicted octanol–water partition coefficient (Wildman–Crippen LogP) is 4.04. The van der Waals surface area contributed by atoms with Crippen LogP contribution in [-0.4, -0.2) is 20.2 Å². The van der Waals surface area contributed by atoms with Gasteiger partial charge in [-0.25, -0.2) is 0 Å². The molecule has 108 valence electrons. The molecule has 0 amide bonds. The van der Waals surface area contributed by atoms with Crippen LogP contribution in [0, 0.1) is 5.92 Å². The average Bonchev–Trinajstić information content (AvgIpc) is 2.45. The van der Waals surface area contributed by atoms with Gasteiger partial charge in [-0.2, -0.15) is 0 Å². The zero-order valence-corrected chi connectivity index (χ0v) is 12.9. The fourth-order valence-corrected chi connectivity index (χ4v) is 2.90. The summed E-state index contributed by atoms with van der Waals surface area (Å²) in [6, 6.07) is 8.90. The van der Waals surface area contributed by atoms with E-state index in [-0.39, 0.29) is 0 Å². The summed E-state index contributed by atoms with van der Waals surface area (Å²) in [7, 11) is 3.83. The van der Waals surface area contributed by atoms with Crippen molar-refractivity contribution < 1.29 is 4.74 Å². The minimum atomic E-state index is 0.538. The van der Waals surface area contributed by atoms with Crippen LogP contribution in [0.2, 0.25) is 0 Å². The first-order valence-corrected chi connectivity index (χ1v) is 7.55. The van der Waals surface area contributed by atoms with Gasteiger partial charge in [0, 0.05) is 6.04 Å². The highest BCUT2D eigenvalue weighted by molar-refractivity contribution is 5.33. The molecule has 0 aliphatic heterocycles. The highest BCUT2D eigenvalue weighted by Crippen LogP contribution is 2.25. The molecule has 1 rings (SSSR count). The van der Waals surface area contributed by atoms with Gasteiger partial charge in [0.25, 0.3) is 0 Å². The lowest BCUT2D eigenvalue weighted by atomic mass is 9.86. The Kier molecular flexibility index (Phi) is 7.57. The predicted molar refractivity (Wildman–Crippen MR) is 82.9 cm³/mol. The van der Waals surface area contributed by atoms with Gasteiger partial charge in [-0.15, -0.1) is 0 Å². The summed E-state index contributed by atoms with van der Waals surface area (Å²) in [6.07, 6.45) is 6.16. The van der Waals surface area contributed by atoms with Gasteiger partial charge in [-0.3, -0.25) is 0 Å². The van der Waals surface area contributed by atoms with E-state index in [1.165, 1.54) is 31.2 Å². The van der Waals surface area contributed by atoms with Gasteiger partial charge in [0.2, 0.25) is 0 Å². The summed E-state index contributed by atoms with van der Waals surface area (Å²) < 4.78 is 5.46. The van der Waals surface area contributed by atoms with Crippen LogP contribution in [0.15, 0.2) is 24.3 Å². The van der Waals surface area contributed by atoms with Crippen molar-refractivity contribution in [1.82, 2.24) is 5.32 Å². The summed E-state index contributed by atoms with van der Waals surface area (Å²) in [5.41, 5.74) is 1.31. The summed E-state index contributed by atoms with van der Waals surface area (Å²) in [5, 5.41) is 3.52. The monoisotopic (exact) mass is 263 g/mol. The zero-order chi connectivity index (χ0) is 14.1. The van der Waals surface area contributed by atoms with Gasteiger partial charge in [0.15, 0.2) is 0 Å². The van der Waals surface area contributed by atoms with E-state index >= 15 is 0 Å². The largest absolute Gasteiger partial charge is 0.496 e. The number of nitrogens with one attached hydrogen (secondary N) is 1. The maximum absolute atomic E-state index is 5.46. The molecule has 2 nitrogen and oxygen atoms in total. The van der Waals surface area contributed by atoms with E-state index in [0.29, 0.717) is 6.04 Å². The van der Waals surface area contributed by atoms with Crippen molar-refractivity contribution in [2.75, 3.05) is 14.2 Å². The van der Waals surface area contributed by atoms with E-state index in [0.717, 1.165) is 18.1 Å². The Hall–Kier alpha value is -1.02. The van der Waals surface area contributed by atoms with Crippen molar-refractivity contribution in [3.63, 3.8) is 0 Å². The Bertz CT molecular complexity index is 345. The molecule has 1 unspecified atom stereocenters. The fraction of sp³-hybridized carbons (Fsp3) is 0.647. The first-order chi connectivity index (χ1) is 9.26. The van der Waals surface area contributed by atoms with Crippen molar-refractivity contribution in [3.8, 4) is 5.75 Å². The van der Waals surface area contributed by atoms with E-state index in [9.17, 15) is 0 Å². The Balaban J connectivity index is 2.78. The number of para-hydroxylation sites is 1. The van der Waals surface area contributed by atoms with Crippen molar-refractivity contribution >= 4 is 0 Å².